The Balaban J connectivity index is 1.64. The van der Waals surface area contributed by atoms with Gasteiger partial charge in [0.1, 0.15) is 0 Å². The van der Waals surface area contributed by atoms with Crippen molar-refractivity contribution >= 4 is 20.9 Å². The lowest BCUT2D eigenvalue weighted by atomic mass is 9.87. The molecule has 1 fully saturated rings. The van der Waals surface area contributed by atoms with E-state index in [2.05, 4.69) is 40.6 Å². The molecule has 1 N–H and O–H groups in total. The smallest absolute Gasteiger partial charge is 0.211 e. The lowest BCUT2D eigenvalue weighted by Gasteiger charge is -2.24. The van der Waals surface area contributed by atoms with Crippen LogP contribution >= 0.6 is 0 Å². The van der Waals surface area contributed by atoms with Crippen LogP contribution in [-0.4, -0.2) is 25.3 Å². The Morgan fingerprint density at radius 2 is 2.09 bits per heavy atom. The van der Waals surface area contributed by atoms with Gasteiger partial charge < -0.3 is 4.57 Å². The molecule has 1 aromatic carbocycles. The normalized spacial score (nSPS) is 16.1. The van der Waals surface area contributed by atoms with Gasteiger partial charge in [0.05, 0.1) is 5.75 Å². The molecule has 0 radical (unpaired) electrons. The maximum atomic E-state index is 12.0. The summed E-state index contributed by atoms with van der Waals surface area (Å²) in [5, 5.41) is 1.21. The maximum Gasteiger partial charge on any atom is 0.211 e. The van der Waals surface area contributed by atoms with Crippen LogP contribution in [0.4, 0.5) is 0 Å². The van der Waals surface area contributed by atoms with E-state index in [0.717, 1.165) is 19.3 Å². The van der Waals surface area contributed by atoms with E-state index in [1.165, 1.54) is 28.5 Å². The van der Waals surface area contributed by atoms with Crippen molar-refractivity contribution in [2.24, 2.45) is 13.0 Å². The Bertz CT molecular complexity index is 773. The van der Waals surface area contributed by atoms with Crippen LogP contribution in [0.2, 0.25) is 0 Å². The zero-order valence-corrected chi connectivity index (χ0v) is 14.1. The van der Waals surface area contributed by atoms with Gasteiger partial charge in [0.2, 0.25) is 10.0 Å². The van der Waals surface area contributed by atoms with E-state index in [1.807, 2.05) is 7.05 Å². The van der Waals surface area contributed by atoms with Crippen LogP contribution in [0, 0.1) is 12.8 Å². The Labute approximate surface area is 132 Å². The fourth-order valence-corrected chi connectivity index (χ4v) is 4.63. The fraction of sp³-hybridized carbons (Fsp3) is 0.529. The first-order chi connectivity index (χ1) is 10.4. The molecule has 1 aliphatic carbocycles. The summed E-state index contributed by atoms with van der Waals surface area (Å²) in [6, 6.07) is 6.40. The van der Waals surface area contributed by atoms with Gasteiger partial charge >= 0.3 is 0 Å². The van der Waals surface area contributed by atoms with Crippen molar-refractivity contribution in [3.05, 3.63) is 35.5 Å². The molecule has 0 saturated heterocycles. The Morgan fingerprint density at radius 1 is 1.32 bits per heavy atom. The maximum absolute atomic E-state index is 12.0. The Morgan fingerprint density at radius 3 is 2.77 bits per heavy atom. The Kier molecular flexibility index (Phi) is 4.28. The Hall–Kier alpha value is -1.33. The zero-order chi connectivity index (χ0) is 15.7. The molecule has 0 atom stereocenters. The van der Waals surface area contributed by atoms with E-state index in [9.17, 15) is 8.42 Å². The molecule has 0 amide bonds. The highest BCUT2D eigenvalue weighted by Gasteiger charge is 2.24. The molecule has 5 heteroatoms. The van der Waals surface area contributed by atoms with Crippen molar-refractivity contribution in [1.82, 2.24) is 9.29 Å². The molecule has 4 nitrogen and oxygen atoms in total. The van der Waals surface area contributed by atoms with Crippen molar-refractivity contribution in [2.45, 2.75) is 32.6 Å². The minimum Gasteiger partial charge on any atom is -0.350 e. The largest absolute Gasteiger partial charge is 0.350 e. The molecule has 0 spiro atoms. The van der Waals surface area contributed by atoms with Gasteiger partial charge in [0, 0.05) is 30.7 Å². The van der Waals surface area contributed by atoms with E-state index in [4.69, 9.17) is 0 Å². The summed E-state index contributed by atoms with van der Waals surface area (Å²) in [6.45, 7) is 2.56. The molecule has 1 aliphatic rings. The number of nitrogens with zero attached hydrogens (tertiary/aromatic N) is 1. The summed E-state index contributed by atoms with van der Waals surface area (Å²) >= 11 is 0. The standard InChI is InChI=1S/C17H24N2O2S/c1-13-6-7-16-15(11-19(2)17(16)10-13)8-9-18-22(20,21)12-14-4-3-5-14/h6-7,10-11,14,18H,3-5,8-9,12H2,1-2H3. The predicted octanol–water partition coefficient (Wildman–Crippen LogP) is 2.75. The number of hydrogen-bond acceptors (Lipinski definition) is 2. The molecule has 0 unspecified atom stereocenters. The summed E-state index contributed by atoms with van der Waals surface area (Å²) in [5.41, 5.74) is 3.64. The average molecular weight is 320 g/mol. The summed E-state index contributed by atoms with van der Waals surface area (Å²) in [4.78, 5) is 0. The van der Waals surface area contributed by atoms with E-state index in [1.54, 1.807) is 0 Å². The molecule has 120 valence electrons. The first kappa shape index (κ1) is 15.6. The number of benzene rings is 1. The summed E-state index contributed by atoms with van der Waals surface area (Å²) < 4.78 is 28.9. The van der Waals surface area contributed by atoms with Crippen molar-refractivity contribution in [3.8, 4) is 0 Å². The first-order valence-electron chi connectivity index (χ1n) is 7.96. The third-order valence-electron chi connectivity index (χ3n) is 4.62. The summed E-state index contributed by atoms with van der Waals surface area (Å²) in [6.07, 6.45) is 6.12. The number of aryl methyl sites for hydroxylation is 2. The predicted molar refractivity (Wildman–Crippen MR) is 90.5 cm³/mol. The number of sulfonamides is 1. The molecule has 22 heavy (non-hydrogen) atoms. The second-order valence-corrected chi connectivity index (χ2v) is 8.36. The molecule has 3 rings (SSSR count). The topological polar surface area (TPSA) is 51.1 Å². The minimum atomic E-state index is -3.12. The molecule has 0 bridgehead atoms. The highest BCUT2D eigenvalue weighted by atomic mass is 32.2. The quantitative estimate of drug-likeness (QED) is 0.890. The lowest BCUT2D eigenvalue weighted by molar-refractivity contribution is 0.346. The number of hydrogen-bond donors (Lipinski definition) is 1. The SMILES string of the molecule is Cc1ccc2c(CCNS(=O)(=O)CC3CCC3)cn(C)c2c1. The number of fused-ring (bicyclic) bond motifs is 1. The van der Waals surface area contributed by atoms with Gasteiger partial charge in [-0.05, 0) is 49.3 Å². The van der Waals surface area contributed by atoms with Crippen LogP contribution in [0.1, 0.15) is 30.4 Å². The van der Waals surface area contributed by atoms with Crippen molar-refractivity contribution in [3.63, 3.8) is 0 Å². The third-order valence-corrected chi connectivity index (χ3v) is 6.18. The monoisotopic (exact) mass is 320 g/mol. The molecule has 1 aromatic heterocycles. The summed E-state index contributed by atoms with van der Waals surface area (Å²) in [5.74, 6) is 0.667. The second kappa shape index (κ2) is 6.05. The molecular weight excluding hydrogens is 296 g/mol. The van der Waals surface area contributed by atoms with E-state index in [-0.39, 0.29) is 0 Å². The second-order valence-electron chi connectivity index (χ2n) is 6.51. The number of aromatic nitrogens is 1. The first-order valence-corrected chi connectivity index (χ1v) is 9.62. The van der Waals surface area contributed by atoms with Crippen LogP contribution in [0.25, 0.3) is 10.9 Å². The van der Waals surface area contributed by atoms with Gasteiger partial charge in [0.15, 0.2) is 0 Å². The molecular formula is C17H24N2O2S. The van der Waals surface area contributed by atoms with Gasteiger partial charge in [0.25, 0.3) is 0 Å². The fourth-order valence-electron chi connectivity index (χ4n) is 3.15. The van der Waals surface area contributed by atoms with Gasteiger partial charge in [-0.3, -0.25) is 0 Å². The van der Waals surface area contributed by atoms with Crippen LogP contribution in [0.5, 0.6) is 0 Å². The molecule has 1 saturated carbocycles. The highest BCUT2D eigenvalue weighted by molar-refractivity contribution is 7.89. The van der Waals surface area contributed by atoms with Crippen LogP contribution in [0.3, 0.4) is 0 Å². The zero-order valence-electron chi connectivity index (χ0n) is 13.3. The number of rotatable bonds is 6. The number of nitrogens with one attached hydrogen (secondary N) is 1. The van der Waals surface area contributed by atoms with E-state index in [0.29, 0.717) is 18.2 Å². The van der Waals surface area contributed by atoms with Crippen LogP contribution in [-0.2, 0) is 23.5 Å². The van der Waals surface area contributed by atoms with E-state index < -0.39 is 10.0 Å². The van der Waals surface area contributed by atoms with Crippen molar-refractivity contribution < 1.29 is 8.42 Å². The van der Waals surface area contributed by atoms with Gasteiger partial charge in [-0.2, -0.15) is 0 Å². The van der Waals surface area contributed by atoms with E-state index >= 15 is 0 Å². The highest BCUT2D eigenvalue weighted by Crippen LogP contribution is 2.27. The lowest BCUT2D eigenvalue weighted by Crippen LogP contribution is -2.33. The van der Waals surface area contributed by atoms with Crippen molar-refractivity contribution in [1.29, 1.82) is 0 Å². The molecule has 2 aromatic rings. The third kappa shape index (κ3) is 3.36. The van der Waals surface area contributed by atoms with Gasteiger partial charge in [-0.15, -0.1) is 0 Å². The van der Waals surface area contributed by atoms with Crippen LogP contribution < -0.4 is 4.72 Å². The summed E-state index contributed by atoms with van der Waals surface area (Å²) in [7, 11) is -1.09. The van der Waals surface area contributed by atoms with Gasteiger partial charge in [-0.25, -0.2) is 13.1 Å². The average Bonchev–Trinajstić information content (AvgIpc) is 2.71. The molecule has 1 heterocycles. The van der Waals surface area contributed by atoms with Crippen molar-refractivity contribution in [2.75, 3.05) is 12.3 Å². The van der Waals surface area contributed by atoms with Gasteiger partial charge in [-0.1, -0.05) is 18.6 Å². The molecule has 0 aliphatic heterocycles. The van der Waals surface area contributed by atoms with Crippen LogP contribution in [0.15, 0.2) is 24.4 Å². The minimum absolute atomic E-state index is 0.293.